The van der Waals surface area contributed by atoms with Crippen molar-refractivity contribution in [3.05, 3.63) is 0 Å². The lowest BCUT2D eigenvalue weighted by atomic mass is 9.92. The molecule has 2 atom stereocenters. The van der Waals surface area contributed by atoms with Crippen molar-refractivity contribution >= 4 is 5.78 Å². The molecule has 0 aromatic rings. The average Bonchev–Trinajstić information content (AvgIpc) is 2.07. The Labute approximate surface area is 79.3 Å². The van der Waals surface area contributed by atoms with Crippen molar-refractivity contribution in [1.29, 1.82) is 0 Å². The highest BCUT2D eigenvalue weighted by molar-refractivity contribution is 5.82. The van der Waals surface area contributed by atoms with Crippen LogP contribution < -0.4 is 5.32 Å². The number of carbonyl (C=O) groups is 1. The lowest BCUT2D eigenvalue weighted by Gasteiger charge is -2.24. The van der Waals surface area contributed by atoms with Crippen molar-refractivity contribution in [3.8, 4) is 0 Å². The van der Waals surface area contributed by atoms with Crippen molar-refractivity contribution in [3.63, 3.8) is 0 Å². The van der Waals surface area contributed by atoms with E-state index in [4.69, 9.17) is 5.11 Å². The van der Waals surface area contributed by atoms with E-state index in [1.165, 1.54) is 0 Å². The molecule has 1 heterocycles. The summed E-state index contributed by atoms with van der Waals surface area (Å²) in [5, 5.41) is 11.6. The van der Waals surface area contributed by atoms with E-state index >= 15 is 0 Å². The molecule has 0 bridgehead atoms. The highest BCUT2D eigenvalue weighted by atomic mass is 19.4. The lowest BCUT2D eigenvalue weighted by molar-refractivity contribution is -0.208. The Kier molecular flexibility index (Phi) is 3.49. The minimum atomic E-state index is -4.63. The Morgan fingerprint density at radius 3 is 2.71 bits per heavy atom. The van der Waals surface area contributed by atoms with Crippen LogP contribution in [-0.4, -0.2) is 36.3 Å². The highest BCUT2D eigenvalue weighted by Gasteiger charge is 2.40. The molecular weight excluding hydrogens is 199 g/mol. The van der Waals surface area contributed by atoms with Gasteiger partial charge in [0, 0.05) is 25.4 Å². The van der Waals surface area contributed by atoms with Crippen LogP contribution in [0.4, 0.5) is 13.2 Å². The fourth-order valence-electron chi connectivity index (χ4n) is 1.42. The average molecular weight is 211 g/mol. The number of piperidine rings is 1. The molecule has 2 N–H and O–H groups in total. The summed E-state index contributed by atoms with van der Waals surface area (Å²) in [6.45, 7) is 0.740. The molecule has 1 saturated heterocycles. The number of Topliss-reactive ketones (excluding diaryl/α,β-unsaturated/α-hetero) is 1. The van der Waals surface area contributed by atoms with E-state index in [1.54, 1.807) is 0 Å². The van der Waals surface area contributed by atoms with E-state index in [0.29, 0.717) is 6.54 Å². The molecule has 0 aromatic carbocycles. The van der Waals surface area contributed by atoms with Crippen LogP contribution in [0, 0.1) is 5.92 Å². The molecule has 3 nitrogen and oxygen atoms in total. The second kappa shape index (κ2) is 4.27. The summed E-state index contributed by atoms with van der Waals surface area (Å²) in [5.74, 6) is -0.910. The number of aliphatic hydroxyl groups excluding tert-OH is 1. The first-order valence-electron chi connectivity index (χ1n) is 4.39. The Bertz CT molecular complexity index is 217. The first kappa shape index (κ1) is 11.5. The van der Waals surface area contributed by atoms with Crippen LogP contribution in [0.1, 0.15) is 12.8 Å². The SMILES string of the molecule is O=C1CCNCC1CC(O)C(F)(F)F. The van der Waals surface area contributed by atoms with E-state index in [9.17, 15) is 18.0 Å². The van der Waals surface area contributed by atoms with E-state index < -0.39 is 24.6 Å². The van der Waals surface area contributed by atoms with Crippen molar-refractivity contribution < 1.29 is 23.1 Å². The third-order valence-corrected chi connectivity index (χ3v) is 2.28. The van der Waals surface area contributed by atoms with Crippen LogP contribution >= 0.6 is 0 Å². The van der Waals surface area contributed by atoms with Gasteiger partial charge in [-0.05, 0) is 6.42 Å². The van der Waals surface area contributed by atoms with Gasteiger partial charge in [0.1, 0.15) is 5.78 Å². The van der Waals surface area contributed by atoms with Crippen LogP contribution in [0.5, 0.6) is 0 Å². The fourth-order valence-corrected chi connectivity index (χ4v) is 1.42. The zero-order valence-electron chi connectivity index (χ0n) is 7.47. The zero-order chi connectivity index (χ0) is 10.8. The summed E-state index contributed by atoms with van der Waals surface area (Å²) < 4.78 is 35.8. The first-order valence-corrected chi connectivity index (χ1v) is 4.39. The van der Waals surface area contributed by atoms with Crippen molar-refractivity contribution in [2.24, 2.45) is 5.92 Å². The molecule has 1 rings (SSSR count). The van der Waals surface area contributed by atoms with E-state index in [0.717, 1.165) is 0 Å². The summed E-state index contributed by atoms with van der Waals surface area (Å²) in [6.07, 6.45) is -7.31. The fraction of sp³-hybridized carbons (Fsp3) is 0.875. The maximum absolute atomic E-state index is 11.9. The molecular formula is C8H12F3NO2. The van der Waals surface area contributed by atoms with Gasteiger partial charge in [0.25, 0.3) is 0 Å². The summed E-state index contributed by atoms with van der Waals surface area (Å²) in [5.41, 5.74) is 0. The monoisotopic (exact) mass is 211 g/mol. The van der Waals surface area contributed by atoms with Crippen LogP contribution in [0.2, 0.25) is 0 Å². The standard InChI is InChI=1S/C8H12F3NO2/c9-8(10,11)7(14)3-5-4-12-2-1-6(5)13/h5,7,12,14H,1-4H2. The number of hydrogen-bond donors (Lipinski definition) is 2. The number of aliphatic hydroxyl groups is 1. The van der Waals surface area contributed by atoms with E-state index in [-0.39, 0.29) is 18.7 Å². The van der Waals surface area contributed by atoms with Gasteiger partial charge in [0.15, 0.2) is 6.10 Å². The van der Waals surface area contributed by atoms with Gasteiger partial charge in [-0.25, -0.2) is 0 Å². The number of hydrogen-bond acceptors (Lipinski definition) is 3. The topological polar surface area (TPSA) is 49.3 Å². The molecule has 0 radical (unpaired) electrons. The first-order chi connectivity index (χ1) is 6.41. The molecule has 0 amide bonds. The molecule has 2 unspecified atom stereocenters. The highest BCUT2D eigenvalue weighted by Crippen LogP contribution is 2.26. The Balaban J connectivity index is 2.46. The molecule has 6 heteroatoms. The summed E-state index contributed by atoms with van der Waals surface area (Å²) in [6, 6.07) is 0. The van der Waals surface area contributed by atoms with Crippen molar-refractivity contribution in [2.75, 3.05) is 13.1 Å². The predicted molar refractivity (Wildman–Crippen MR) is 42.7 cm³/mol. The van der Waals surface area contributed by atoms with Gasteiger partial charge in [0.05, 0.1) is 0 Å². The quantitative estimate of drug-likeness (QED) is 0.698. The molecule has 0 spiro atoms. The minimum Gasteiger partial charge on any atom is -0.384 e. The molecule has 82 valence electrons. The second-order valence-corrected chi connectivity index (χ2v) is 3.41. The van der Waals surface area contributed by atoms with Gasteiger partial charge >= 0.3 is 6.18 Å². The van der Waals surface area contributed by atoms with Gasteiger partial charge in [-0.1, -0.05) is 0 Å². The molecule has 1 fully saturated rings. The van der Waals surface area contributed by atoms with Gasteiger partial charge in [-0.2, -0.15) is 13.2 Å². The smallest absolute Gasteiger partial charge is 0.384 e. The Hall–Kier alpha value is -0.620. The van der Waals surface area contributed by atoms with Gasteiger partial charge in [-0.15, -0.1) is 0 Å². The van der Waals surface area contributed by atoms with E-state index in [1.807, 2.05) is 0 Å². The van der Waals surface area contributed by atoms with Crippen LogP contribution in [0.15, 0.2) is 0 Å². The predicted octanol–water partition coefficient (Wildman–Crippen LogP) is 0.478. The normalized spacial score (nSPS) is 26.3. The van der Waals surface area contributed by atoms with E-state index in [2.05, 4.69) is 5.32 Å². The number of carbonyl (C=O) groups excluding carboxylic acids is 1. The maximum Gasteiger partial charge on any atom is 0.414 e. The Morgan fingerprint density at radius 2 is 2.21 bits per heavy atom. The second-order valence-electron chi connectivity index (χ2n) is 3.41. The third-order valence-electron chi connectivity index (χ3n) is 2.28. The maximum atomic E-state index is 11.9. The van der Waals surface area contributed by atoms with Gasteiger partial charge in [0.2, 0.25) is 0 Å². The Morgan fingerprint density at radius 1 is 1.57 bits per heavy atom. The van der Waals surface area contributed by atoms with Crippen LogP contribution in [-0.2, 0) is 4.79 Å². The number of nitrogens with one attached hydrogen (secondary N) is 1. The number of rotatable bonds is 2. The van der Waals surface area contributed by atoms with Gasteiger partial charge in [-0.3, -0.25) is 4.79 Å². The summed E-state index contributed by atoms with van der Waals surface area (Å²) >= 11 is 0. The molecule has 0 saturated carbocycles. The molecule has 0 aromatic heterocycles. The van der Waals surface area contributed by atoms with Crippen molar-refractivity contribution in [1.82, 2.24) is 5.32 Å². The largest absolute Gasteiger partial charge is 0.414 e. The molecule has 14 heavy (non-hydrogen) atoms. The summed E-state index contributed by atoms with van der Waals surface area (Å²) in [4.78, 5) is 11.1. The van der Waals surface area contributed by atoms with Crippen LogP contribution in [0.25, 0.3) is 0 Å². The lowest BCUT2D eigenvalue weighted by Crippen LogP contribution is -2.41. The number of halogens is 3. The van der Waals surface area contributed by atoms with Gasteiger partial charge < -0.3 is 10.4 Å². The number of ketones is 1. The third kappa shape index (κ3) is 2.95. The minimum absolute atomic E-state index is 0.202. The molecule has 1 aliphatic heterocycles. The summed E-state index contributed by atoms with van der Waals surface area (Å²) in [7, 11) is 0. The van der Waals surface area contributed by atoms with Crippen LogP contribution in [0.3, 0.4) is 0 Å². The molecule has 0 aliphatic carbocycles. The van der Waals surface area contributed by atoms with Crippen molar-refractivity contribution in [2.45, 2.75) is 25.1 Å². The number of alkyl halides is 3. The zero-order valence-corrected chi connectivity index (χ0v) is 7.47. The molecule has 1 aliphatic rings.